The molecule has 0 radical (unpaired) electrons. The van der Waals surface area contributed by atoms with Crippen LogP contribution in [0.2, 0.25) is 0 Å². The van der Waals surface area contributed by atoms with Crippen molar-refractivity contribution >= 4 is 15.9 Å². The first-order valence-electron chi connectivity index (χ1n) is 7.79. The molecule has 0 aliphatic heterocycles. The lowest BCUT2D eigenvalue weighted by Crippen LogP contribution is -2.63. The molecule has 1 fully saturated rings. The summed E-state index contributed by atoms with van der Waals surface area (Å²) in [5.74, 6) is 1.60. The number of ether oxygens (including phenoxy) is 2. The molecule has 118 valence electrons. The first-order chi connectivity index (χ1) is 10.1. The lowest BCUT2D eigenvalue weighted by molar-refractivity contribution is -0.0713. The average molecular weight is 356 g/mol. The molecule has 1 aliphatic rings. The van der Waals surface area contributed by atoms with Gasteiger partial charge in [0.15, 0.2) is 11.5 Å². The van der Waals surface area contributed by atoms with Crippen LogP contribution in [0.1, 0.15) is 40.0 Å². The highest BCUT2D eigenvalue weighted by atomic mass is 79.9. The monoisotopic (exact) mass is 355 g/mol. The van der Waals surface area contributed by atoms with E-state index in [2.05, 4.69) is 42.0 Å². The van der Waals surface area contributed by atoms with Crippen molar-refractivity contribution < 1.29 is 9.47 Å². The molecule has 0 bridgehead atoms. The summed E-state index contributed by atoms with van der Waals surface area (Å²) >= 11 is 3.57. The van der Waals surface area contributed by atoms with Crippen LogP contribution in [0.25, 0.3) is 0 Å². The van der Waals surface area contributed by atoms with Gasteiger partial charge < -0.3 is 14.8 Å². The van der Waals surface area contributed by atoms with E-state index < -0.39 is 0 Å². The van der Waals surface area contributed by atoms with Crippen molar-refractivity contribution in [2.24, 2.45) is 5.41 Å². The van der Waals surface area contributed by atoms with Crippen molar-refractivity contribution in [2.75, 3.05) is 13.7 Å². The van der Waals surface area contributed by atoms with Crippen molar-refractivity contribution in [3.05, 3.63) is 22.7 Å². The minimum Gasteiger partial charge on any atom is -0.493 e. The average Bonchev–Trinajstić information content (AvgIpc) is 2.50. The quantitative estimate of drug-likeness (QED) is 0.786. The molecule has 4 heteroatoms. The Labute approximate surface area is 136 Å². The van der Waals surface area contributed by atoms with Gasteiger partial charge in [-0.15, -0.1) is 0 Å². The van der Waals surface area contributed by atoms with E-state index in [0.29, 0.717) is 6.04 Å². The highest BCUT2D eigenvalue weighted by molar-refractivity contribution is 9.10. The first kappa shape index (κ1) is 16.6. The number of hydrogen-bond acceptors (Lipinski definition) is 3. The predicted molar refractivity (Wildman–Crippen MR) is 90.2 cm³/mol. The van der Waals surface area contributed by atoms with Gasteiger partial charge in [-0.3, -0.25) is 0 Å². The van der Waals surface area contributed by atoms with Gasteiger partial charge in [0.1, 0.15) is 6.10 Å². The summed E-state index contributed by atoms with van der Waals surface area (Å²) in [6, 6.07) is 6.43. The normalized spacial score (nSPS) is 28.0. The summed E-state index contributed by atoms with van der Waals surface area (Å²) in [7, 11) is 1.68. The maximum absolute atomic E-state index is 6.31. The fourth-order valence-electron chi connectivity index (χ4n) is 3.01. The standard InChI is InChI=1S/C17H26BrNO2/c1-5-10-19-14-11-15(17(14,3)6-2)21-16-12(18)8-7-9-13(16)20-4/h7-9,14-15,19H,5-6,10-11H2,1-4H3. The maximum Gasteiger partial charge on any atom is 0.175 e. The molecule has 3 nitrogen and oxygen atoms in total. The molecule has 1 N–H and O–H groups in total. The van der Waals surface area contributed by atoms with Gasteiger partial charge in [-0.25, -0.2) is 0 Å². The van der Waals surface area contributed by atoms with E-state index in [-0.39, 0.29) is 11.5 Å². The molecule has 2 rings (SSSR count). The third kappa shape index (κ3) is 3.21. The van der Waals surface area contributed by atoms with Gasteiger partial charge in [0, 0.05) is 17.9 Å². The molecule has 0 heterocycles. The molecular formula is C17H26BrNO2. The van der Waals surface area contributed by atoms with Crippen LogP contribution in [0.15, 0.2) is 22.7 Å². The molecule has 1 aromatic rings. The molecular weight excluding hydrogens is 330 g/mol. The Morgan fingerprint density at radius 3 is 2.76 bits per heavy atom. The van der Waals surface area contributed by atoms with E-state index in [0.717, 1.165) is 35.4 Å². The molecule has 0 saturated heterocycles. The molecule has 0 amide bonds. The Kier molecular flexibility index (Phi) is 5.55. The van der Waals surface area contributed by atoms with Gasteiger partial charge >= 0.3 is 0 Å². The Morgan fingerprint density at radius 1 is 1.38 bits per heavy atom. The third-order valence-electron chi connectivity index (χ3n) is 4.79. The Morgan fingerprint density at radius 2 is 2.14 bits per heavy atom. The predicted octanol–water partition coefficient (Wildman–Crippen LogP) is 4.39. The summed E-state index contributed by atoms with van der Waals surface area (Å²) in [5, 5.41) is 3.65. The van der Waals surface area contributed by atoms with Crippen molar-refractivity contribution in [3.63, 3.8) is 0 Å². The lowest BCUT2D eigenvalue weighted by Gasteiger charge is -2.53. The van der Waals surface area contributed by atoms with Gasteiger partial charge in [-0.05, 0) is 47.4 Å². The molecule has 0 aromatic heterocycles. The summed E-state index contributed by atoms with van der Waals surface area (Å²) in [6.07, 6.45) is 3.55. The maximum atomic E-state index is 6.31. The van der Waals surface area contributed by atoms with Gasteiger partial charge in [0.2, 0.25) is 0 Å². The smallest absolute Gasteiger partial charge is 0.175 e. The number of para-hydroxylation sites is 1. The minimum atomic E-state index is 0.176. The second-order valence-corrected chi connectivity index (χ2v) is 6.83. The molecule has 1 saturated carbocycles. The molecule has 21 heavy (non-hydrogen) atoms. The SMILES string of the molecule is CCCNC1CC(Oc2c(Br)cccc2OC)C1(C)CC. The zero-order valence-electron chi connectivity index (χ0n) is 13.4. The summed E-state index contributed by atoms with van der Waals surface area (Å²) in [5.41, 5.74) is 0.176. The zero-order valence-corrected chi connectivity index (χ0v) is 15.0. The van der Waals surface area contributed by atoms with E-state index in [1.54, 1.807) is 7.11 Å². The molecule has 3 unspecified atom stereocenters. The molecule has 1 aromatic carbocycles. The Hall–Kier alpha value is -0.740. The largest absolute Gasteiger partial charge is 0.493 e. The number of methoxy groups -OCH3 is 1. The fourth-order valence-corrected chi connectivity index (χ4v) is 3.46. The summed E-state index contributed by atoms with van der Waals surface area (Å²) in [6.45, 7) is 7.84. The van der Waals surface area contributed by atoms with Crippen LogP contribution in [-0.4, -0.2) is 25.8 Å². The van der Waals surface area contributed by atoms with Crippen LogP contribution in [-0.2, 0) is 0 Å². The third-order valence-corrected chi connectivity index (χ3v) is 5.42. The Balaban J connectivity index is 2.11. The van der Waals surface area contributed by atoms with Crippen molar-refractivity contribution in [1.29, 1.82) is 0 Å². The van der Waals surface area contributed by atoms with Crippen LogP contribution >= 0.6 is 15.9 Å². The Bertz CT molecular complexity index is 480. The van der Waals surface area contributed by atoms with Gasteiger partial charge in [0.05, 0.1) is 11.6 Å². The summed E-state index contributed by atoms with van der Waals surface area (Å²) in [4.78, 5) is 0. The lowest BCUT2D eigenvalue weighted by atomic mass is 9.61. The summed E-state index contributed by atoms with van der Waals surface area (Å²) < 4.78 is 12.7. The highest BCUT2D eigenvalue weighted by Gasteiger charge is 2.52. The van der Waals surface area contributed by atoms with Gasteiger partial charge in [-0.2, -0.15) is 0 Å². The van der Waals surface area contributed by atoms with E-state index in [1.807, 2.05) is 18.2 Å². The minimum absolute atomic E-state index is 0.176. The van der Waals surface area contributed by atoms with E-state index in [9.17, 15) is 0 Å². The number of hydrogen-bond donors (Lipinski definition) is 1. The molecule has 1 aliphatic carbocycles. The first-order valence-corrected chi connectivity index (χ1v) is 8.58. The van der Waals surface area contributed by atoms with Gasteiger partial charge in [0.25, 0.3) is 0 Å². The second kappa shape index (κ2) is 7.01. The van der Waals surface area contributed by atoms with Crippen LogP contribution in [0, 0.1) is 5.41 Å². The van der Waals surface area contributed by atoms with E-state index in [4.69, 9.17) is 9.47 Å². The topological polar surface area (TPSA) is 30.5 Å². The van der Waals surface area contributed by atoms with Crippen LogP contribution in [0.5, 0.6) is 11.5 Å². The number of benzene rings is 1. The van der Waals surface area contributed by atoms with Crippen molar-refractivity contribution in [2.45, 2.75) is 52.2 Å². The highest BCUT2D eigenvalue weighted by Crippen LogP contribution is 2.48. The van der Waals surface area contributed by atoms with E-state index in [1.165, 1.54) is 6.42 Å². The number of rotatable bonds is 7. The van der Waals surface area contributed by atoms with Crippen LogP contribution < -0.4 is 14.8 Å². The molecule has 3 atom stereocenters. The fraction of sp³-hybridized carbons (Fsp3) is 0.647. The number of halogens is 1. The van der Waals surface area contributed by atoms with Crippen molar-refractivity contribution in [3.8, 4) is 11.5 Å². The second-order valence-electron chi connectivity index (χ2n) is 5.98. The van der Waals surface area contributed by atoms with Gasteiger partial charge in [-0.1, -0.05) is 26.8 Å². The molecule has 0 spiro atoms. The van der Waals surface area contributed by atoms with Crippen LogP contribution in [0.4, 0.5) is 0 Å². The van der Waals surface area contributed by atoms with E-state index >= 15 is 0 Å². The zero-order chi connectivity index (χ0) is 15.5. The van der Waals surface area contributed by atoms with Crippen molar-refractivity contribution in [1.82, 2.24) is 5.32 Å². The number of nitrogens with one attached hydrogen (secondary N) is 1. The van der Waals surface area contributed by atoms with Crippen LogP contribution in [0.3, 0.4) is 0 Å².